The first kappa shape index (κ1) is 24.6. The number of rotatable bonds is 0. The predicted octanol–water partition coefficient (Wildman–Crippen LogP) is 5.12. The largest absolute Gasteiger partial charge is 0.482 e. The van der Waals surface area contributed by atoms with Crippen LogP contribution in [0.2, 0.25) is 78.6 Å². The van der Waals surface area contributed by atoms with Gasteiger partial charge in [-0.15, -0.1) is 0 Å². The summed E-state index contributed by atoms with van der Waals surface area (Å²) >= 11 is -2.89. The molecule has 0 unspecified atom stereocenters. The molecular weight excluding hydrogens is 380 g/mol. The second kappa shape index (κ2) is 8.55. The minimum atomic E-state index is -2.89. The maximum Gasteiger partial charge on any atom is 0.482 e. The lowest BCUT2D eigenvalue weighted by Crippen LogP contribution is -2.34. The van der Waals surface area contributed by atoms with E-state index in [1.54, 1.807) is 0 Å². The highest BCUT2D eigenvalue weighted by atomic mass is 28.3. The molecule has 0 saturated carbocycles. The molecule has 0 saturated heterocycles. The Morgan fingerprint density at radius 1 is 0.360 bits per heavy atom. The van der Waals surface area contributed by atoms with Crippen molar-refractivity contribution in [2.75, 3.05) is 0 Å². The first-order chi connectivity index (χ1) is 10.8. The molecule has 0 aliphatic rings. The van der Waals surface area contributed by atoms with Crippen LogP contribution in [0.15, 0.2) is 0 Å². The van der Waals surface area contributed by atoms with Crippen molar-refractivity contribution in [2.24, 2.45) is 0 Å². The van der Waals surface area contributed by atoms with Crippen LogP contribution in [0.1, 0.15) is 0 Å². The van der Waals surface area contributed by atoms with Gasteiger partial charge >= 0.3 is 13.1 Å². The highest BCUT2D eigenvalue weighted by Gasteiger charge is 2.25. The maximum atomic E-state index is 3.62. The molecule has 0 amide bonds. The van der Waals surface area contributed by atoms with Crippen LogP contribution in [0.25, 0.3) is 0 Å². The summed E-state index contributed by atoms with van der Waals surface area (Å²) in [5.41, 5.74) is 14.3. The summed E-state index contributed by atoms with van der Waals surface area (Å²) < 4.78 is 0. The SMILES string of the molecule is C[Si](C)(C)C#[C][Al-]([C]#C[Si](C)(C)C)([C]#C[Si](C)(C)C)[C]#C[Si](C)(C)C. The topological polar surface area (TPSA) is 0 Å². The van der Waals surface area contributed by atoms with Gasteiger partial charge in [0.1, 0.15) is 32.3 Å². The molecule has 0 aliphatic heterocycles. The summed E-state index contributed by atoms with van der Waals surface area (Å²) in [6, 6.07) is 0. The van der Waals surface area contributed by atoms with Crippen LogP contribution in [0.5, 0.6) is 0 Å². The molecule has 0 spiro atoms. The average Bonchev–Trinajstić information content (AvgIpc) is 2.33. The monoisotopic (exact) mass is 415 g/mol. The fraction of sp³-hybridized carbons (Fsp3) is 0.600. The lowest BCUT2D eigenvalue weighted by Gasteiger charge is -2.19. The molecule has 0 radical (unpaired) electrons. The van der Waals surface area contributed by atoms with E-state index in [0.29, 0.717) is 0 Å². The molecule has 0 aliphatic carbocycles. The molecule has 0 bridgehead atoms. The summed E-state index contributed by atoms with van der Waals surface area (Å²) in [6.45, 7) is 27.4. The van der Waals surface area contributed by atoms with Crippen molar-refractivity contribution in [3.8, 4) is 41.3 Å². The third kappa shape index (κ3) is 14.5. The van der Waals surface area contributed by atoms with E-state index in [0.717, 1.165) is 0 Å². The van der Waals surface area contributed by atoms with Crippen LogP contribution < -0.4 is 0 Å². The van der Waals surface area contributed by atoms with Gasteiger partial charge in [0.05, 0.1) is 0 Å². The van der Waals surface area contributed by atoms with Crippen LogP contribution in [-0.2, 0) is 0 Å². The quantitative estimate of drug-likeness (QED) is 0.381. The van der Waals surface area contributed by atoms with Gasteiger partial charge in [-0.05, 0) is 0 Å². The second-order valence-electron chi connectivity index (χ2n) is 10.9. The van der Waals surface area contributed by atoms with Crippen LogP contribution in [0.3, 0.4) is 0 Å². The molecule has 0 heterocycles. The molecular formula is C20H36AlSi4-. The third-order valence-electron chi connectivity index (χ3n) is 2.65. The molecule has 25 heavy (non-hydrogen) atoms. The Hall–Kier alpha value is -0.360. The first-order valence-corrected chi connectivity index (χ1v) is 25.5. The third-order valence-corrected chi connectivity index (χ3v) is 9.70. The van der Waals surface area contributed by atoms with E-state index in [1.165, 1.54) is 0 Å². The van der Waals surface area contributed by atoms with Gasteiger partial charge in [0, 0.05) is 0 Å². The van der Waals surface area contributed by atoms with E-state index in [4.69, 9.17) is 0 Å². The summed E-state index contributed by atoms with van der Waals surface area (Å²) in [5.74, 6) is 0. The fourth-order valence-electron chi connectivity index (χ4n) is 1.52. The normalized spacial score (nSPS) is 12.3. The Morgan fingerprint density at radius 3 is 0.640 bits per heavy atom. The molecule has 0 nitrogen and oxygen atoms in total. The highest BCUT2D eigenvalue weighted by molar-refractivity contribution is 7.09. The first-order valence-electron chi connectivity index (χ1n) is 9.15. The predicted molar refractivity (Wildman–Crippen MR) is 130 cm³/mol. The molecule has 0 atom stereocenters. The van der Waals surface area contributed by atoms with Gasteiger partial charge in [-0.2, -0.15) is 22.2 Å². The van der Waals surface area contributed by atoms with Crippen molar-refractivity contribution in [3.05, 3.63) is 0 Å². The standard InChI is InChI=1S/4C5H9Si.Al/c4*1-5-6(2,3)4;/h4*2-4H3;/q;;;;-1. The van der Waals surface area contributed by atoms with Gasteiger partial charge in [-0.25, -0.2) is 0 Å². The molecule has 5 heteroatoms. The molecule has 0 rings (SSSR count). The van der Waals surface area contributed by atoms with Crippen molar-refractivity contribution in [1.29, 1.82) is 0 Å². The molecule has 136 valence electrons. The number of hydrogen-bond donors (Lipinski definition) is 0. The minimum Gasteiger partial charge on any atom is -0.318 e. The fourth-order valence-corrected chi connectivity index (χ4v) is 12.3. The summed E-state index contributed by atoms with van der Waals surface area (Å²) in [5, 5.41) is 0. The number of hydrogen-bond acceptors (Lipinski definition) is 0. The lowest BCUT2D eigenvalue weighted by atomic mass is 11.3. The van der Waals surface area contributed by atoms with Crippen molar-refractivity contribution in [2.45, 2.75) is 78.6 Å². The average molecular weight is 416 g/mol. The Kier molecular flexibility index (Phi) is 8.43. The zero-order valence-corrected chi connectivity index (χ0v) is 23.7. The van der Waals surface area contributed by atoms with Gasteiger partial charge in [-0.3, -0.25) is 0 Å². The molecule has 0 aromatic rings. The maximum absolute atomic E-state index is 3.62. The smallest absolute Gasteiger partial charge is 0.318 e. The van der Waals surface area contributed by atoms with Gasteiger partial charge in [0.25, 0.3) is 0 Å². The van der Waals surface area contributed by atoms with Crippen LogP contribution in [0.4, 0.5) is 0 Å². The Balaban J connectivity index is 6.66. The summed E-state index contributed by atoms with van der Waals surface area (Å²) in [4.78, 5) is 14.5. The molecule has 0 aromatic carbocycles. The zero-order valence-electron chi connectivity index (χ0n) is 18.6. The van der Waals surface area contributed by atoms with Gasteiger partial charge in [0.15, 0.2) is 0 Å². The Bertz CT molecular complexity index is 589. The van der Waals surface area contributed by atoms with E-state index in [2.05, 4.69) is 120 Å². The van der Waals surface area contributed by atoms with E-state index in [1.807, 2.05) is 0 Å². The van der Waals surface area contributed by atoms with Gasteiger partial charge in [0.2, 0.25) is 0 Å². The Labute approximate surface area is 164 Å². The van der Waals surface area contributed by atoms with Gasteiger partial charge < -0.3 is 19.1 Å². The molecule has 0 fully saturated rings. The molecule has 0 N–H and O–H groups in total. The van der Waals surface area contributed by atoms with Crippen molar-refractivity contribution in [3.63, 3.8) is 0 Å². The zero-order chi connectivity index (χ0) is 20.2. The Morgan fingerprint density at radius 2 is 0.520 bits per heavy atom. The lowest BCUT2D eigenvalue weighted by molar-refractivity contribution is 1.81. The van der Waals surface area contributed by atoms with Crippen LogP contribution in [0, 0.1) is 41.3 Å². The minimum absolute atomic E-state index is 1.48. The van der Waals surface area contributed by atoms with E-state index >= 15 is 0 Å². The van der Waals surface area contributed by atoms with Crippen LogP contribution >= 0.6 is 0 Å². The van der Waals surface area contributed by atoms with Crippen molar-refractivity contribution >= 4 is 45.4 Å². The van der Waals surface area contributed by atoms with Crippen LogP contribution in [-0.4, -0.2) is 45.4 Å². The summed E-state index contributed by atoms with van der Waals surface area (Å²) in [6.07, 6.45) is 0. The van der Waals surface area contributed by atoms with E-state index < -0.39 is 45.4 Å². The van der Waals surface area contributed by atoms with E-state index in [-0.39, 0.29) is 0 Å². The molecule has 0 aromatic heterocycles. The summed E-state index contributed by atoms with van der Waals surface area (Å²) in [7, 11) is -5.92. The van der Waals surface area contributed by atoms with Crippen molar-refractivity contribution < 1.29 is 0 Å². The van der Waals surface area contributed by atoms with E-state index in [9.17, 15) is 0 Å². The second-order valence-corrected chi connectivity index (χ2v) is 32.8. The highest BCUT2D eigenvalue weighted by Crippen LogP contribution is 2.07. The van der Waals surface area contributed by atoms with Crippen molar-refractivity contribution in [1.82, 2.24) is 0 Å². The van der Waals surface area contributed by atoms with Gasteiger partial charge in [-0.1, -0.05) is 78.6 Å².